The molecular weight excluding hydrogens is 312 g/mol. The van der Waals surface area contributed by atoms with E-state index >= 15 is 0 Å². The number of hydrogen-bond acceptors (Lipinski definition) is 4. The molecule has 0 N–H and O–H groups in total. The minimum atomic E-state index is -0.293. The highest BCUT2D eigenvalue weighted by molar-refractivity contribution is 7.99. The van der Waals surface area contributed by atoms with Gasteiger partial charge in [-0.1, -0.05) is 0 Å². The van der Waals surface area contributed by atoms with E-state index in [0.29, 0.717) is 11.6 Å². The van der Waals surface area contributed by atoms with Crippen molar-refractivity contribution in [3.05, 3.63) is 17.5 Å². The Kier molecular flexibility index (Phi) is 4.66. The van der Waals surface area contributed by atoms with Crippen molar-refractivity contribution in [2.75, 3.05) is 18.2 Å². The zero-order chi connectivity index (χ0) is 16.6. The van der Waals surface area contributed by atoms with E-state index in [1.807, 2.05) is 23.4 Å². The highest BCUT2D eigenvalue weighted by Crippen LogP contribution is 2.27. The zero-order valence-electron chi connectivity index (χ0n) is 14.0. The number of hydrogen-bond donors (Lipinski definition) is 0. The van der Waals surface area contributed by atoms with Crippen LogP contribution in [-0.4, -0.2) is 61.7 Å². The maximum atomic E-state index is 12.9. The summed E-state index contributed by atoms with van der Waals surface area (Å²) >= 11 is 1.66. The third-order valence-electron chi connectivity index (χ3n) is 4.72. The van der Waals surface area contributed by atoms with Crippen LogP contribution in [0.2, 0.25) is 0 Å². The lowest BCUT2D eigenvalue weighted by molar-refractivity contribution is -0.143. The van der Waals surface area contributed by atoms with E-state index in [0.717, 1.165) is 37.3 Å². The minimum Gasteiger partial charge on any atom is -0.336 e. The second-order valence-corrected chi connectivity index (χ2v) is 7.44. The summed E-state index contributed by atoms with van der Waals surface area (Å²) < 4.78 is 2.00. The Hall–Kier alpha value is -1.50. The normalized spacial score (nSPS) is 24.5. The van der Waals surface area contributed by atoms with Crippen LogP contribution in [0.25, 0.3) is 0 Å². The number of carbonyl (C=O) groups excluding carboxylic acids is 2. The summed E-state index contributed by atoms with van der Waals surface area (Å²) in [6.45, 7) is 7.11. The number of carbonyl (C=O) groups is 2. The van der Waals surface area contributed by atoms with Crippen molar-refractivity contribution in [3.63, 3.8) is 0 Å². The van der Waals surface area contributed by atoms with Gasteiger partial charge in [0.05, 0.1) is 24.2 Å². The van der Waals surface area contributed by atoms with Gasteiger partial charge in [-0.2, -0.15) is 5.10 Å². The molecule has 0 radical (unpaired) electrons. The number of amides is 2. The molecule has 126 valence electrons. The van der Waals surface area contributed by atoms with Crippen LogP contribution < -0.4 is 0 Å². The van der Waals surface area contributed by atoms with Crippen LogP contribution in [0.15, 0.2) is 6.07 Å². The van der Waals surface area contributed by atoms with E-state index < -0.39 is 0 Å². The number of rotatable bonds is 3. The van der Waals surface area contributed by atoms with Crippen LogP contribution in [0.1, 0.15) is 31.2 Å². The lowest BCUT2D eigenvalue weighted by Gasteiger charge is -2.30. The molecule has 0 bridgehead atoms. The van der Waals surface area contributed by atoms with Crippen LogP contribution >= 0.6 is 11.8 Å². The Balaban J connectivity index is 1.72. The summed E-state index contributed by atoms with van der Waals surface area (Å²) in [5, 5.41) is 4.52. The van der Waals surface area contributed by atoms with Gasteiger partial charge in [-0.25, -0.2) is 0 Å². The molecule has 2 atom stereocenters. The second kappa shape index (κ2) is 6.55. The van der Waals surface area contributed by atoms with E-state index in [1.54, 1.807) is 23.6 Å². The average Bonchev–Trinajstić information content (AvgIpc) is 3.19. The maximum absolute atomic E-state index is 12.9. The Morgan fingerprint density at radius 2 is 2.13 bits per heavy atom. The molecule has 0 saturated carbocycles. The van der Waals surface area contributed by atoms with Crippen LogP contribution in [0.4, 0.5) is 0 Å². The largest absolute Gasteiger partial charge is 0.336 e. The van der Waals surface area contributed by atoms with Crippen molar-refractivity contribution in [1.29, 1.82) is 0 Å². The first-order valence-corrected chi connectivity index (χ1v) is 9.29. The van der Waals surface area contributed by atoms with Gasteiger partial charge < -0.3 is 9.80 Å². The zero-order valence-corrected chi connectivity index (χ0v) is 14.8. The number of thioether (sulfide) groups is 1. The van der Waals surface area contributed by atoms with E-state index in [-0.39, 0.29) is 23.9 Å². The van der Waals surface area contributed by atoms with Gasteiger partial charge in [-0.05, 0) is 32.8 Å². The minimum absolute atomic E-state index is 0.0114. The lowest BCUT2D eigenvalue weighted by atomic mass is 10.2. The van der Waals surface area contributed by atoms with Crippen LogP contribution in [0.3, 0.4) is 0 Å². The molecule has 0 aromatic carbocycles. The monoisotopic (exact) mass is 336 g/mol. The summed E-state index contributed by atoms with van der Waals surface area (Å²) in [5.41, 5.74) is 2.14. The molecular formula is C16H24N4O2S. The molecule has 2 saturated heterocycles. The summed E-state index contributed by atoms with van der Waals surface area (Å²) in [7, 11) is 0. The van der Waals surface area contributed by atoms with Crippen LogP contribution in [0.5, 0.6) is 0 Å². The van der Waals surface area contributed by atoms with Crippen molar-refractivity contribution >= 4 is 23.6 Å². The molecule has 6 nitrogen and oxygen atoms in total. The molecule has 1 aromatic rings. The fraction of sp³-hybridized carbons (Fsp3) is 0.688. The van der Waals surface area contributed by atoms with Gasteiger partial charge in [0.2, 0.25) is 11.8 Å². The van der Waals surface area contributed by atoms with Crippen molar-refractivity contribution in [2.45, 2.75) is 52.2 Å². The molecule has 0 unspecified atom stereocenters. The molecule has 7 heteroatoms. The number of likely N-dealkylation sites (tertiary alicyclic amines) is 1. The Labute approximate surface area is 141 Å². The Morgan fingerprint density at radius 3 is 2.78 bits per heavy atom. The molecule has 2 aliphatic rings. The van der Waals surface area contributed by atoms with Crippen LogP contribution in [0, 0.1) is 13.8 Å². The van der Waals surface area contributed by atoms with E-state index in [2.05, 4.69) is 11.2 Å². The lowest BCUT2D eigenvalue weighted by Crippen LogP contribution is -2.50. The van der Waals surface area contributed by atoms with Gasteiger partial charge in [0.1, 0.15) is 6.04 Å². The van der Waals surface area contributed by atoms with Crippen molar-refractivity contribution < 1.29 is 9.59 Å². The molecule has 0 spiro atoms. The fourth-order valence-electron chi connectivity index (χ4n) is 3.52. The molecule has 23 heavy (non-hydrogen) atoms. The standard InChI is InChI=1S/C16H24N4O2S/c1-11-7-12(2)20(17-11)8-14-5-4-6-18(14)16(22)15-9-23-10-19(15)13(3)21/h7,14-15H,4-6,8-10H2,1-3H3/t14-,15-/m1/s1. The maximum Gasteiger partial charge on any atom is 0.246 e. The van der Waals surface area contributed by atoms with E-state index in [1.165, 1.54) is 0 Å². The third kappa shape index (κ3) is 3.24. The quantitative estimate of drug-likeness (QED) is 0.837. The number of aryl methyl sites for hydroxylation is 2. The van der Waals surface area contributed by atoms with Crippen molar-refractivity contribution in [2.24, 2.45) is 0 Å². The summed E-state index contributed by atoms with van der Waals surface area (Å²) in [5.74, 6) is 1.43. The van der Waals surface area contributed by atoms with Gasteiger partial charge in [0.25, 0.3) is 0 Å². The summed E-state index contributed by atoms with van der Waals surface area (Å²) in [4.78, 5) is 28.3. The van der Waals surface area contributed by atoms with Crippen molar-refractivity contribution in [1.82, 2.24) is 19.6 Å². The first kappa shape index (κ1) is 16.4. The number of aromatic nitrogens is 2. The molecule has 2 aliphatic heterocycles. The highest BCUT2D eigenvalue weighted by Gasteiger charge is 2.39. The van der Waals surface area contributed by atoms with E-state index in [4.69, 9.17) is 0 Å². The smallest absolute Gasteiger partial charge is 0.246 e. The van der Waals surface area contributed by atoms with Crippen LogP contribution in [-0.2, 0) is 16.1 Å². The second-order valence-electron chi connectivity index (χ2n) is 6.44. The van der Waals surface area contributed by atoms with Gasteiger partial charge in [-0.15, -0.1) is 11.8 Å². The van der Waals surface area contributed by atoms with E-state index in [9.17, 15) is 9.59 Å². The Bertz CT molecular complexity index is 615. The van der Waals surface area contributed by atoms with Gasteiger partial charge >= 0.3 is 0 Å². The Morgan fingerprint density at radius 1 is 1.35 bits per heavy atom. The molecule has 2 amide bonds. The number of nitrogens with zero attached hydrogens (tertiary/aromatic N) is 4. The molecule has 1 aromatic heterocycles. The predicted octanol–water partition coefficient (Wildman–Crippen LogP) is 1.41. The molecule has 3 heterocycles. The fourth-order valence-corrected chi connectivity index (χ4v) is 4.73. The summed E-state index contributed by atoms with van der Waals surface area (Å²) in [6, 6.07) is 1.95. The van der Waals surface area contributed by atoms with Gasteiger partial charge in [0.15, 0.2) is 0 Å². The molecule has 3 rings (SSSR count). The first-order valence-electron chi connectivity index (χ1n) is 8.14. The van der Waals surface area contributed by atoms with Crippen molar-refractivity contribution in [3.8, 4) is 0 Å². The van der Waals surface area contributed by atoms with Gasteiger partial charge in [-0.3, -0.25) is 14.3 Å². The summed E-state index contributed by atoms with van der Waals surface area (Å²) in [6.07, 6.45) is 2.03. The first-order chi connectivity index (χ1) is 11.0. The third-order valence-corrected chi connectivity index (χ3v) is 5.73. The predicted molar refractivity (Wildman–Crippen MR) is 90.1 cm³/mol. The highest BCUT2D eigenvalue weighted by atomic mass is 32.2. The molecule has 0 aliphatic carbocycles. The van der Waals surface area contributed by atoms with Gasteiger partial charge in [0, 0.05) is 24.9 Å². The topological polar surface area (TPSA) is 58.4 Å². The molecule has 2 fully saturated rings. The average molecular weight is 336 g/mol. The SMILES string of the molecule is CC(=O)N1CSC[C@@H]1C(=O)N1CCC[C@@H]1Cn1nc(C)cc1C.